The number of anilines is 2. The van der Waals surface area contributed by atoms with Gasteiger partial charge in [-0.2, -0.15) is 0 Å². The molecule has 1 amide bonds. The minimum Gasteiger partial charge on any atom is -0.495 e. The molecule has 1 heterocycles. The third-order valence-electron chi connectivity index (χ3n) is 4.84. The van der Waals surface area contributed by atoms with Crippen LogP contribution in [0.15, 0.2) is 71.9 Å². The monoisotopic (exact) mass is 402 g/mol. The number of guanidine groups is 1. The van der Waals surface area contributed by atoms with E-state index in [-0.39, 0.29) is 17.8 Å². The lowest BCUT2D eigenvalue weighted by Crippen LogP contribution is -2.23. The van der Waals surface area contributed by atoms with Crippen molar-refractivity contribution < 1.29 is 14.5 Å². The summed E-state index contributed by atoms with van der Waals surface area (Å²) in [6, 6.07) is 19.1. The van der Waals surface area contributed by atoms with Crippen molar-refractivity contribution in [3.63, 3.8) is 0 Å². The van der Waals surface area contributed by atoms with Gasteiger partial charge in [-0.05, 0) is 53.7 Å². The molecular formula is C23H24N5O2+. The molecule has 7 nitrogen and oxygen atoms in total. The number of H-pyrrole nitrogens is 1. The number of nitrogens with one attached hydrogen (secondary N) is 3. The summed E-state index contributed by atoms with van der Waals surface area (Å²) in [6.07, 6.45) is 3.86. The Labute approximate surface area is 175 Å². The standard InChI is InChI=1S/C23H23N5O2/c1-30-20-5-3-2-4-19(20)27-23(24)28-21-13-10-17(14-25-21)15-8-11-18(12-9-15)26-22(29)16-6-7-16/h2-5,8-14,16H,6-7H2,1H3,(H,26,29)(H3,24,25,27,28)/p+1. The van der Waals surface area contributed by atoms with Crippen molar-refractivity contribution in [1.29, 1.82) is 0 Å². The van der Waals surface area contributed by atoms with Crippen LogP contribution in [0.2, 0.25) is 0 Å². The van der Waals surface area contributed by atoms with Crippen molar-refractivity contribution in [2.45, 2.75) is 12.8 Å². The van der Waals surface area contributed by atoms with Gasteiger partial charge in [0.1, 0.15) is 5.75 Å². The Kier molecular flexibility index (Phi) is 5.61. The molecule has 30 heavy (non-hydrogen) atoms. The van der Waals surface area contributed by atoms with Gasteiger partial charge in [0.15, 0.2) is 0 Å². The summed E-state index contributed by atoms with van der Waals surface area (Å²) in [6.45, 7) is 0. The van der Waals surface area contributed by atoms with Gasteiger partial charge in [-0.1, -0.05) is 24.3 Å². The third-order valence-corrected chi connectivity index (χ3v) is 4.84. The first kappa shape index (κ1) is 19.4. The highest BCUT2D eigenvalue weighted by molar-refractivity contribution is 5.95. The summed E-state index contributed by atoms with van der Waals surface area (Å²) < 4.78 is 5.30. The van der Waals surface area contributed by atoms with E-state index in [1.807, 2.05) is 66.9 Å². The van der Waals surface area contributed by atoms with Gasteiger partial charge in [0.25, 0.3) is 0 Å². The number of aromatic nitrogens is 1. The molecule has 0 saturated heterocycles. The van der Waals surface area contributed by atoms with Crippen LogP contribution >= 0.6 is 0 Å². The summed E-state index contributed by atoms with van der Waals surface area (Å²) in [7, 11) is 1.61. The molecule has 1 aliphatic rings. The molecule has 0 atom stereocenters. The molecule has 1 saturated carbocycles. The lowest BCUT2D eigenvalue weighted by molar-refractivity contribution is -0.361. The molecule has 5 N–H and O–H groups in total. The Hall–Kier alpha value is -3.87. The number of nitrogens with two attached hydrogens (primary N) is 1. The predicted molar refractivity (Wildman–Crippen MR) is 118 cm³/mol. The molecule has 1 aliphatic carbocycles. The van der Waals surface area contributed by atoms with Crippen LogP contribution in [0.5, 0.6) is 5.75 Å². The highest BCUT2D eigenvalue weighted by atomic mass is 16.5. The molecule has 4 rings (SSSR count). The number of hydrogen-bond acceptors (Lipinski definition) is 3. The number of carbonyl (C=O) groups excluding carboxylic acids is 1. The van der Waals surface area contributed by atoms with Gasteiger partial charge < -0.3 is 21.1 Å². The molecule has 0 unspecified atom stereocenters. The molecule has 152 valence electrons. The molecule has 1 aromatic heterocycles. The zero-order valence-corrected chi connectivity index (χ0v) is 16.7. The van der Waals surface area contributed by atoms with Gasteiger partial charge in [0, 0.05) is 23.2 Å². The van der Waals surface area contributed by atoms with E-state index in [2.05, 4.69) is 20.6 Å². The van der Waals surface area contributed by atoms with Crippen molar-refractivity contribution in [1.82, 2.24) is 0 Å². The number of rotatable bonds is 6. The fourth-order valence-electron chi connectivity index (χ4n) is 3.05. The summed E-state index contributed by atoms with van der Waals surface area (Å²) in [5.74, 6) is 1.85. The summed E-state index contributed by atoms with van der Waals surface area (Å²) in [4.78, 5) is 19.4. The molecule has 0 aliphatic heterocycles. The SMILES string of the molecule is COc1ccccc1NC(N)=Nc1ccc(-c2ccc(NC(=O)C3CC3)cc2)c[nH+]1. The number of amides is 1. The highest BCUT2D eigenvalue weighted by Gasteiger charge is 2.29. The number of ether oxygens (including phenoxy) is 1. The average molecular weight is 402 g/mol. The van der Waals surface area contributed by atoms with Gasteiger partial charge in [0.05, 0.1) is 19.0 Å². The Balaban J connectivity index is 1.42. The molecule has 0 bridgehead atoms. The first-order valence-electron chi connectivity index (χ1n) is 9.79. The van der Waals surface area contributed by atoms with Crippen LogP contribution in [0.25, 0.3) is 11.1 Å². The van der Waals surface area contributed by atoms with Crippen molar-refractivity contribution in [2.75, 3.05) is 17.7 Å². The van der Waals surface area contributed by atoms with Crippen LogP contribution in [0.3, 0.4) is 0 Å². The number of carbonyl (C=O) groups is 1. The summed E-state index contributed by atoms with van der Waals surface area (Å²) >= 11 is 0. The second kappa shape index (κ2) is 8.65. The fraction of sp³-hybridized carbons (Fsp3) is 0.174. The van der Waals surface area contributed by atoms with E-state index < -0.39 is 0 Å². The largest absolute Gasteiger partial charge is 0.495 e. The van der Waals surface area contributed by atoms with Gasteiger partial charge >= 0.3 is 11.8 Å². The van der Waals surface area contributed by atoms with Gasteiger partial charge in [-0.25, -0.2) is 4.98 Å². The zero-order valence-electron chi connectivity index (χ0n) is 16.7. The number of pyridine rings is 1. The molecule has 2 aromatic carbocycles. The average Bonchev–Trinajstić information content (AvgIpc) is 3.61. The Morgan fingerprint density at radius 1 is 1.03 bits per heavy atom. The number of para-hydroxylation sites is 2. The van der Waals surface area contributed by atoms with Gasteiger partial charge in [-0.3, -0.25) is 4.79 Å². The molecule has 0 radical (unpaired) electrons. The van der Waals surface area contributed by atoms with Crippen LogP contribution in [-0.2, 0) is 4.79 Å². The van der Waals surface area contributed by atoms with Crippen molar-refractivity contribution in [3.8, 4) is 16.9 Å². The molecule has 1 fully saturated rings. The minimum absolute atomic E-state index is 0.109. The second-order valence-corrected chi connectivity index (χ2v) is 7.13. The van der Waals surface area contributed by atoms with Crippen LogP contribution in [0, 0.1) is 5.92 Å². The van der Waals surface area contributed by atoms with E-state index in [1.54, 1.807) is 7.11 Å². The molecule has 7 heteroatoms. The van der Waals surface area contributed by atoms with E-state index in [0.29, 0.717) is 11.6 Å². The zero-order chi connectivity index (χ0) is 20.9. The fourth-order valence-corrected chi connectivity index (χ4v) is 3.05. The van der Waals surface area contributed by atoms with E-state index in [9.17, 15) is 4.79 Å². The van der Waals surface area contributed by atoms with Crippen LogP contribution in [-0.4, -0.2) is 19.0 Å². The van der Waals surface area contributed by atoms with Crippen molar-refractivity contribution >= 4 is 29.1 Å². The van der Waals surface area contributed by atoms with Crippen molar-refractivity contribution in [2.24, 2.45) is 16.6 Å². The van der Waals surface area contributed by atoms with Crippen LogP contribution in [0.4, 0.5) is 17.2 Å². The van der Waals surface area contributed by atoms with E-state index >= 15 is 0 Å². The molecule has 3 aromatic rings. The van der Waals surface area contributed by atoms with Gasteiger partial charge in [-0.15, -0.1) is 0 Å². The third kappa shape index (κ3) is 4.75. The van der Waals surface area contributed by atoms with Crippen LogP contribution in [0.1, 0.15) is 12.8 Å². The molecule has 0 spiro atoms. The number of methoxy groups -OCH3 is 1. The number of benzene rings is 2. The van der Waals surface area contributed by atoms with E-state index in [4.69, 9.17) is 10.5 Å². The highest BCUT2D eigenvalue weighted by Crippen LogP contribution is 2.30. The topological polar surface area (TPSA) is 103 Å². The lowest BCUT2D eigenvalue weighted by atomic mass is 10.1. The Morgan fingerprint density at radius 3 is 2.43 bits per heavy atom. The Bertz CT molecular complexity index is 1060. The quantitative estimate of drug-likeness (QED) is 0.433. The molecular weight excluding hydrogens is 378 g/mol. The van der Waals surface area contributed by atoms with Crippen LogP contribution < -0.4 is 26.1 Å². The normalized spacial score (nSPS) is 13.6. The smallest absolute Gasteiger partial charge is 0.325 e. The Morgan fingerprint density at radius 2 is 1.77 bits per heavy atom. The van der Waals surface area contributed by atoms with E-state index in [0.717, 1.165) is 35.3 Å². The maximum absolute atomic E-state index is 11.9. The van der Waals surface area contributed by atoms with Crippen molar-refractivity contribution in [3.05, 3.63) is 66.9 Å². The van der Waals surface area contributed by atoms with E-state index in [1.165, 1.54) is 0 Å². The number of aromatic amines is 1. The minimum atomic E-state index is 0.109. The number of hydrogen-bond donors (Lipinski definition) is 3. The van der Waals surface area contributed by atoms with Gasteiger partial charge in [0.2, 0.25) is 5.91 Å². The first-order valence-corrected chi connectivity index (χ1v) is 9.79. The second-order valence-electron chi connectivity index (χ2n) is 7.13. The lowest BCUT2D eigenvalue weighted by Gasteiger charge is -2.07. The maximum Gasteiger partial charge on any atom is 0.325 e. The number of nitrogens with zero attached hydrogens (tertiary/aromatic N) is 1. The number of aliphatic imine (C=N–C) groups is 1. The summed E-state index contributed by atoms with van der Waals surface area (Å²) in [5, 5.41) is 5.99. The maximum atomic E-state index is 11.9. The predicted octanol–water partition coefficient (Wildman–Crippen LogP) is 3.58. The first-order chi connectivity index (χ1) is 14.6. The summed E-state index contributed by atoms with van der Waals surface area (Å²) in [5.41, 5.74) is 9.62.